The Bertz CT molecular complexity index is 334. The molecule has 0 aliphatic carbocycles. The highest BCUT2D eigenvalue weighted by molar-refractivity contribution is 5.45. The topological polar surface area (TPSA) is 18.6 Å². The fraction of sp³-hybridized carbons (Fsp3) is 0.143. The summed E-state index contributed by atoms with van der Waals surface area (Å²) in [5.74, 6) is 0. The summed E-state index contributed by atoms with van der Waals surface area (Å²) < 4.78 is 1.92. The molecule has 0 saturated heterocycles. The summed E-state index contributed by atoms with van der Waals surface area (Å²) in [5, 5.41) is 0. The summed E-state index contributed by atoms with van der Waals surface area (Å²) in [6, 6.07) is 5.99. The van der Waals surface area contributed by atoms with Gasteiger partial charge in [0.05, 0.1) is 11.7 Å². The summed E-state index contributed by atoms with van der Waals surface area (Å²) in [6.07, 6.45) is 3.81. The van der Waals surface area contributed by atoms with Crippen LogP contribution >= 0.6 is 0 Å². The lowest BCUT2D eigenvalue weighted by Gasteiger charge is -1.99. The molecular weight excluding hydrogens is 128 g/mol. The van der Waals surface area contributed by atoms with Crippen molar-refractivity contribution in [3.8, 4) is 0 Å². The van der Waals surface area contributed by atoms with E-state index in [1.54, 1.807) is 12.0 Å². The summed E-state index contributed by atoms with van der Waals surface area (Å²) in [4.78, 5) is 6.67. The molecule has 0 amide bonds. The van der Waals surface area contributed by atoms with Gasteiger partial charge in [-0.3, -0.25) is 0 Å². The molecule has 0 spiro atoms. The average molecular weight is 136 g/mol. The summed E-state index contributed by atoms with van der Waals surface area (Å²) >= 11 is 0. The van der Waals surface area contributed by atoms with E-state index in [9.17, 15) is 0 Å². The number of aromatic nitrogens is 2. The summed E-state index contributed by atoms with van der Waals surface area (Å²) in [7, 11) is 1.64. The third-order valence-electron chi connectivity index (χ3n) is 1.53. The van der Waals surface area contributed by atoms with E-state index in [1.165, 1.54) is 0 Å². The number of rotatable bonds is 1. The Hall–Kier alpha value is -1.38. The van der Waals surface area contributed by atoms with E-state index in [0.717, 1.165) is 5.52 Å². The van der Waals surface area contributed by atoms with E-state index in [0.29, 0.717) is 0 Å². The zero-order valence-electron chi connectivity index (χ0n) is 5.69. The first-order valence-corrected chi connectivity index (χ1v) is 3.11. The zero-order valence-corrected chi connectivity index (χ0v) is 5.69. The Morgan fingerprint density at radius 2 is 2.20 bits per heavy atom. The first-order valence-electron chi connectivity index (χ1n) is 3.11. The minimum Gasteiger partial charge on any atom is -0.401 e. The van der Waals surface area contributed by atoms with Crippen molar-refractivity contribution in [3.05, 3.63) is 30.6 Å². The van der Waals surface area contributed by atoms with Crippen LogP contribution in [-0.2, 0) is 0 Å². The van der Waals surface area contributed by atoms with Crippen LogP contribution < -0.4 is 4.84 Å². The lowest BCUT2D eigenvalue weighted by Crippen LogP contribution is -2.09. The smallest absolute Gasteiger partial charge is 0.106 e. The Kier molecular flexibility index (Phi) is 0.974. The number of nitrogens with zero attached hydrogens (tertiary/aromatic N) is 2. The van der Waals surface area contributed by atoms with Gasteiger partial charge in [0.25, 0.3) is 0 Å². The van der Waals surface area contributed by atoms with Crippen LogP contribution in [0.4, 0.5) is 0 Å². The molecular formula is C7H8N2O. The van der Waals surface area contributed by atoms with Gasteiger partial charge in [0.2, 0.25) is 0 Å². The average Bonchev–Trinajstić information content (AvgIpc) is 2.44. The van der Waals surface area contributed by atoms with Crippen LogP contribution in [0, 0.1) is 0 Å². The van der Waals surface area contributed by atoms with Gasteiger partial charge in [-0.2, -0.15) is 0 Å². The van der Waals surface area contributed by atoms with E-state index in [1.807, 2.05) is 35.1 Å². The molecule has 3 heteroatoms. The van der Waals surface area contributed by atoms with Gasteiger partial charge in [-0.15, -0.1) is 4.85 Å². The number of hydrogen-bond acceptors (Lipinski definition) is 1. The van der Waals surface area contributed by atoms with Crippen molar-refractivity contribution < 1.29 is 4.84 Å². The Labute approximate surface area is 58.4 Å². The van der Waals surface area contributed by atoms with Crippen molar-refractivity contribution in [2.75, 3.05) is 7.11 Å². The fourth-order valence-electron chi connectivity index (χ4n) is 1.06. The molecule has 10 heavy (non-hydrogen) atoms. The van der Waals surface area contributed by atoms with Crippen molar-refractivity contribution in [2.24, 2.45) is 0 Å². The SMILES string of the molecule is COn1ccc2cccn21. The first-order chi connectivity index (χ1) is 4.92. The van der Waals surface area contributed by atoms with Crippen LogP contribution in [-0.4, -0.2) is 16.5 Å². The van der Waals surface area contributed by atoms with Crippen LogP contribution in [0.2, 0.25) is 0 Å². The quantitative estimate of drug-likeness (QED) is 0.567. The minimum atomic E-state index is 1.14. The third-order valence-corrected chi connectivity index (χ3v) is 1.53. The van der Waals surface area contributed by atoms with Gasteiger partial charge in [-0.05, 0) is 18.2 Å². The van der Waals surface area contributed by atoms with Crippen LogP contribution in [0.3, 0.4) is 0 Å². The van der Waals surface area contributed by atoms with Crippen LogP contribution in [0.5, 0.6) is 0 Å². The highest BCUT2D eigenvalue weighted by Gasteiger charge is 1.94. The third kappa shape index (κ3) is 0.543. The van der Waals surface area contributed by atoms with Crippen molar-refractivity contribution >= 4 is 5.52 Å². The molecule has 0 N–H and O–H groups in total. The molecule has 0 unspecified atom stereocenters. The monoisotopic (exact) mass is 136 g/mol. The zero-order chi connectivity index (χ0) is 6.97. The molecule has 2 heterocycles. The van der Waals surface area contributed by atoms with E-state index >= 15 is 0 Å². The number of hydrogen-bond donors (Lipinski definition) is 0. The Morgan fingerprint density at radius 3 is 3.00 bits per heavy atom. The second-order valence-electron chi connectivity index (χ2n) is 2.08. The first kappa shape index (κ1) is 5.41. The van der Waals surface area contributed by atoms with Crippen LogP contribution in [0.25, 0.3) is 5.52 Å². The molecule has 0 fully saturated rings. The largest absolute Gasteiger partial charge is 0.401 e. The van der Waals surface area contributed by atoms with E-state index in [4.69, 9.17) is 4.84 Å². The lowest BCUT2D eigenvalue weighted by molar-refractivity contribution is 0.124. The second-order valence-corrected chi connectivity index (χ2v) is 2.08. The highest BCUT2D eigenvalue weighted by atomic mass is 16.7. The van der Waals surface area contributed by atoms with Gasteiger partial charge in [0.1, 0.15) is 7.11 Å². The molecule has 2 aromatic heterocycles. The van der Waals surface area contributed by atoms with Crippen molar-refractivity contribution in [1.82, 2.24) is 9.36 Å². The van der Waals surface area contributed by atoms with Crippen molar-refractivity contribution in [1.29, 1.82) is 0 Å². The molecule has 0 saturated carbocycles. The lowest BCUT2D eigenvalue weighted by atomic mass is 10.5. The molecule has 0 aliphatic heterocycles. The predicted molar refractivity (Wildman–Crippen MR) is 37.9 cm³/mol. The Morgan fingerprint density at radius 1 is 1.30 bits per heavy atom. The molecule has 0 aliphatic rings. The van der Waals surface area contributed by atoms with Gasteiger partial charge < -0.3 is 4.84 Å². The summed E-state index contributed by atoms with van der Waals surface area (Å²) in [5.41, 5.74) is 1.14. The maximum Gasteiger partial charge on any atom is 0.106 e. The molecule has 2 rings (SSSR count). The van der Waals surface area contributed by atoms with Crippen LogP contribution in [0.15, 0.2) is 30.6 Å². The molecule has 0 bridgehead atoms. The van der Waals surface area contributed by atoms with E-state index < -0.39 is 0 Å². The molecule has 2 aromatic rings. The highest BCUT2D eigenvalue weighted by Crippen LogP contribution is 2.02. The van der Waals surface area contributed by atoms with Gasteiger partial charge >= 0.3 is 0 Å². The molecule has 3 nitrogen and oxygen atoms in total. The van der Waals surface area contributed by atoms with Gasteiger partial charge in [0.15, 0.2) is 0 Å². The summed E-state index contributed by atoms with van der Waals surface area (Å²) in [6.45, 7) is 0. The van der Waals surface area contributed by atoms with Gasteiger partial charge in [-0.1, -0.05) is 0 Å². The Balaban J connectivity index is 2.76. The van der Waals surface area contributed by atoms with Gasteiger partial charge in [0, 0.05) is 6.20 Å². The van der Waals surface area contributed by atoms with Crippen molar-refractivity contribution in [2.45, 2.75) is 0 Å². The standard InChI is InChI=1S/C7H8N2O/c1-10-9-6-4-7-3-2-5-8(7)9/h2-6H,1H3. The van der Waals surface area contributed by atoms with Gasteiger partial charge in [-0.25, -0.2) is 4.52 Å². The molecule has 0 atom stereocenters. The maximum absolute atomic E-state index is 5.01. The number of fused-ring (bicyclic) bond motifs is 1. The van der Waals surface area contributed by atoms with Crippen molar-refractivity contribution in [3.63, 3.8) is 0 Å². The second kappa shape index (κ2) is 1.80. The van der Waals surface area contributed by atoms with Crippen LogP contribution in [0.1, 0.15) is 0 Å². The molecule has 0 radical (unpaired) electrons. The van der Waals surface area contributed by atoms with E-state index in [-0.39, 0.29) is 0 Å². The predicted octanol–water partition coefficient (Wildman–Crippen LogP) is 0.799. The normalized spacial score (nSPS) is 10.5. The molecule has 0 aromatic carbocycles. The van der Waals surface area contributed by atoms with E-state index in [2.05, 4.69) is 0 Å². The minimum absolute atomic E-state index is 1.14. The molecule has 52 valence electrons. The maximum atomic E-state index is 5.01. The fourth-order valence-corrected chi connectivity index (χ4v) is 1.06.